The molecular weight excluding hydrogens is 394 g/mol. The molecule has 1 fully saturated rings. The Kier molecular flexibility index (Phi) is 13.1. The summed E-state index contributed by atoms with van der Waals surface area (Å²) in [6, 6.07) is -0.794. The molecule has 0 saturated carbocycles. The average molecular weight is 440 g/mol. The number of hydrogen-bond acceptors (Lipinski definition) is 6. The minimum absolute atomic E-state index is 0.00386. The maximum absolute atomic E-state index is 13.0. The summed E-state index contributed by atoms with van der Waals surface area (Å²) in [5.74, 6) is -1.58. The Labute approximate surface area is 188 Å². The molecule has 7 heteroatoms. The fraction of sp³-hybridized carbons (Fsp3) is 0.875. The van der Waals surface area contributed by atoms with Crippen molar-refractivity contribution >= 4 is 17.5 Å². The molecule has 1 aliphatic heterocycles. The number of ketones is 2. The maximum Gasteiger partial charge on any atom is 0.226 e. The number of carbonyl (C=O) groups is 3. The van der Waals surface area contributed by atoms with Gasteiger partial charge in [-0.1, -0.05) is 59.3 Å². The average Bonchev–Trinajstić information content (AvgIpc) is 3.20. The van der Waals surface area contributed by atoms with Crippen LogP contribution < -0.4 is 16.4 Å². The predicted molar refractivity (Wildman–Crippen MR) is 123 cm³/mol. The van der Waals surface area contributed by atoms with Crippen LogP contribution in [0.4, 0.5) is 0 Å². The highest BCUT2D eigenvalue weighted by Gasteiger charge is 2.36. The van der Waals surface area contributed by atoms with Gasteiger partial charge in [-0.05, 0) is 25.8 Å². The van der Waals surface area contributed by atoms with Gasteiger partial charge in [0, 0.05) is 31.3 Å². The minimum atomic E-state index is -0.983. The van der Waals surface area contributed by atoms with Gasteiger partial charge >= 0.3 is 0 Å². The van der Waals surface area contributed by atoms with E-state index in [4.69, 9.17) is 5.73 Å². The molecule has 5 N–H and O–H groups in total. The Bertz CT molecular complexity index is 565. The number of nitrogens with one attached hydrogen (secondary N) is 2. The lowest BCUT2D eigenvalue weighted by molar-refractivity contribution is -0.136. The second-order valence-electron chi connectivity index (χ2n) is 9.45. The third-order valence-corrected chi connectivity index (χ3v) is 6.49. The van der Waals surface area contributed by atoms with E-state index in [0.29, 0.717) is 6.54 Å². The second-order valence-corrected chi connectivity index (χ2v) is 9.45. The van der Waals surface area contributed by atoms with Gasteiger partial charge in [-0.25, -0.2) is 0 Å². The highest BCUT2D eigenvalue weighted by Crippen LogP contribution is 2.27. The molecule has 0 aliphatic carbocycles. The van der Waals surface area contributed by atoms with Crippen molar-refractivity contribution in [3.8, 4) is 0 Å². The molecule has 0 radical (unpaired) electrons. The van der Waals surface area contributed by atoms with Crippen LogP contribution in [0.5, 0.6) is 0 Å². The van der Waals surface area contributed by atoms with Crippen molar-refractivity contribution in [2.75, 3.05) is 19.6 Å². The predicted octanol–water partition coefficient (Wildman–Crippen LogP) is 2.20. The summed E-state index contributed by atoms with van der Waals surface area (Å²) in [7, 11) is 0. The lowest BCUT2D eigenvalue weighted by Gasteiger charge is -2.25. The number of amides is 1. The van der Waals surface area contributed by atoms with Crippen molar-refractivity contribution in [2.24, 2.45) is 29.4 Å². The molecule has 0 bridgehead atoms. The number of Topliss-reactive ketones (excluding diaryl/α,β-unsaturated/α-hetero) is 2. The SMILES string of the molecule is CCCCCCCC[C@@H]1CNC[C@H]1C(=O)C[C@H](C(=O)N[C@@H](CN)C(=O)C(C)C)[C@H](C)O. The fourth-order valence-electron chi connectivity index (χ4n) is 4.38. The molecule has 0 aromatic rings. The number of aliphatic hydroxyl groups is 1. The van der Waals surface area contributed by atoms with Gasteiger partial charge in [0.15, 0.2) is 5.78 Å². The van der Waals surface area contributed by atoms with E-state index in [0.717, 1.165) is 19.4 Å². The van der Waals surface area contributed by atoms with Crippen molar-refractivity contribution in [3.63, 3.8) is 0 Å². The van der Waals surface area contributed by atoms with Crippen LogP contribution in [0.2, 0.25) is 0 Å². The molecule has 1 saturated heterocycles. The number of rotatable bonds is 16. The van der Waals surface area contributed by atoms with Gasteiger partial charge in [-0.2, -0.15) is 0 Å². The molecule has 7 nitrogen and oxygen atoms in total. The summed E-state index contributed by atoms with van der Waals surface area (Å²) in [6.45, 7) is 8.68. The quantitative estimate of drug-likeness (QED) is 0.274. The van der Waals surface area contributed by atoms with Gasteiger partial charge in [0.2, 0.25) is 5.91 Å². The van der Waals surface area contributed by atoms with Crippen LogP contribution in [0.1, 0.15) is 79.1 Å². The number of hydrogen-bond donors (Lipinski definition) is 4. The Hall–Kier alpha value is -1.31. The molecule has 0 aromatic heterocycles. The van der Waals surface area contributed by atoms with E-state index in [1.165, 1.54) is 39.0 Å². The van der Waals surface area contributed by atoms with E-state index in [-0.39, 0.29) is 42.3 Å². The van der Waals surface area contributed by atoms with E-state index in [1.807, 2.05) is 0 Å². The molecule has 0 unspecified atom stereocenters. The summed E-state index contributed by atoms with van der Waals surface area (Å²) in [5.41, 5.74) is 5.67. The molecular formula is C24H45N3O4. The Balaban J connectivity index is 2.63. The first-order chi connectivity index (χ1) is 14.7. The number of aliphatic hydroxyl groups excluding tert-OH is 1. The van der Waals surface area contributed by atoms with Gasteiger partial charge in [-0.15, -0.1) is 0 Å². The monoisotopic (exact) mass is 439 g/mol. The molecule has 1 rings (SSSR count). The molecule has 0 aromatic carbocycles. The van der Waals surface area contributed by atoms with E-state index in [1.54, 1.807) is 13.8 Å². The maximum atomic E-state index is 13.0. The van der Waals surface area contributed by atoms with Gasteiger partial charge in [-0.3, -0.25) is 14.4 Å². The Morgan fingerprint density at radius 2 is 1.71 bits per heavy atom. The molecule has 180 valence electrons. The topological polar surface area (TPSA) is 122 Å². The van der Waals surface area contributed by atoms with Crippen molar-refractivity contribution in [2.45, 2.75) is 91.2 Å². The molecule has 31 heavy (non-hydrogen) atoms. The zero-order chi connectivity index (χ0) is 23.4. The van der Waals surface area contributed by atoms with Gasteiger partial charge < -0.3 is 21.5 Å². The molecule has 1 heterocycles. The van der Waals surface area contributed by atoms with Crippen molar-refractivity contribution in [3.05, 3.63) is 0 Å². The van der Waals surface area contributed by atoms with Crippen LogP contribution in [0.25, 0.3) is 0 Å². The van der Waals surface area contributed by atoms with Crippen LogP contribution >= 0.6 is 0 Å². The first kappa shape index (κ1) is 27.7. The third kappa shape index (κ3) is 9.38. The van der Waals surface area contributed by atoms with E-state index < -0.39 is 24.0 Å². The first-order valence-corrected chi connectivity index (χ1v) is 12.2. The smallest absolute Gasteiger partial charge is 0.226 e. The highest BCUT2D eigenvalue weighted by atomic mass is 16.3. The fourth-order valence-corrected chi connectivity index (χ4v) is 4.38. The summed E-state index contributed by atoms with van der Waals surface area (Å²) in [4.78, 5) is 38.0. The summed E-state index contributed by atoms with van der Waals surface area (Å²) in [5, 5.41) is 16.1. The Morgan fingerprint density at radius 1 is 1.06 bits per heavy atom. The number of nitrogens with two attached hydrogens (primary N) is 1. The summed E-state index contributed by atoms with van der Waals surface area (Å²) in [6.07, 6.45) is 7.36. The molecule has 5 atom stereocenters. The Morgan fingerprint density at radius 3 is 2.29 bits per heavy atom. The van der Waals surface area contributed by atoms with Crippen molar-refractivity contribution in [1.29, 1.82) is 0 Å². The van der Waals surface area contributed by atoms with E-state index in [2.05, 4.69) is 17.6 Å². The van der Waals surface area contributed by atoms with E-state index >= 15 is 0 Å². The van der Waals surface area contributed by atoms with Crippen molar-refractivity contribution < 1.29 is 19.5 Å². The van der Waals surface area contributed by atoms with Crippen LogP contribution in [0.3, 0.4) is 0 Å². The zero-order valence-corrected chi connectivity index (χ0v) is 20.0. The summed E-state index contributed by atoms with van der Waals surface area (Å²) >= 11 is 0. The molecule has 1 aliphatic rings. The standard InChI is InChI=1S/C24H45N3O4/c1-5-6-7-8-9-10-11-18-14-26-15-20(18)22(29)12-19(17(4)28)24(31)27-21(13-25)23(30)16(2)3/h16-21,26,28H,5-15,25H2,1-4H3,(H,27,31)/t17-,18+,19-,20+,21-/m0/s1. The van der Waals surface area contributed by atoms with Gasteiger partial charge in [0.05, 0.1) is 18.1 Å². The van der Waals surface area contributed by atoms with Crippen LogP contribution in [0.15, 0.2) is 0 Å². The van der Waals surface area contributed by atoms with Gasteiger partial charge in [0.25, 0.3) is 0 Å². The normalized spacial score (nSPS) is 21.6. The minimum Gasteiger partial charge on any atom is -0.393 e. The second kappa shape index (κ2) is 14.7. The number of unbranched alkanes of at least 4 members (excludes halogenated alkanes) is 5. The zero-order valence-electron chi connectivity index (χ0n) is 20.0. The van der Waals surface area contributed by atoms with Crippen LogP contribution in [0, 0.1) is 23.7 Å². The lowest BCUT2D eigenvalue weighted by atomic mass is 9.83. The van der Waals surface area contributed by atoms with Crippen molar-refractivity contribution in [1.82, 2.24) is 10.6 Å². The third-order valence-electron chi connectivity index (χ3n) is 6.49. The molecule has 0 spiro atoms. The highest BCUT2D eigenvalue weighted by molar-refractivity contribution is 5.93. The van der Waals surface area contributed by atoms with E-state index in [9.17, 15) is 19.5 Å². The largest absolute Gasteiger partial charge is 0.393 e. The van der Waals surface area contributed by atoms with Crippen LogP contribution in [-0.2, 0) is 14.4 Å². The number of carbonyl (C=O) groups excluding carboxylic acids is 3. The van der Waals surface area contributed by atoms with Gasteiger partial charge in [0.1, 0.15) is 5.78 Å². The first-order valence-electron chi connectivity index (χ1n) is 12.2. The lowest BCUT2D eigenvalue weighted by Crippen LogP contribution is -2.51. The van der Waals surface area contributed by atoms with Crippen LogP contribution in [-0.4, -0.2) is 54.4 Å². The molecule has 1 amide bonds. The summed E-state index contributed by atoms with van der Waals surface area (Å²) < 4.78 is 0.